The molecule has 1 atom stereocenters. The molecule has 1 aromatic carbocycles. The molecular formula is C9H11NO2. The van der Waals surface area contributed by atoms with Gasteiger partial charge in [0, 0.05) is 0 Å². The molecule has 3 nitrogen and oxygen atoms in total. The Balaban J connectivity index is 2.58. The van der Waals surface area contributed by atoms with Crippen molar-refractivity contribution < 1.29 is 9.90 Å². The molecule has 0 amide bonds. The SMILES string of the molecule is N[C@H](Cc1ccccc1)[13C](=O)O. The molecule has 1 rings (SSSR count). The van der Waals surface area contributed by atoms with Crippen LogP contribution in [-0.2, 0) is 11.2 Å². The molecule has 64 valence electrons. The second kappa shape index (κ2) is 3.88. The first-order valence-electron chi connectivity index (χ1n) is 3.72. The van der Waals surface area contributed by atoms with E-state index in [0.717, 1.165) is 5.56 Å². The molecule has 0 unspecified atom stereocenters. The van der Waals surface area contributed by atoms with Crippen molar-refractivity contribution in [1.82, 2.24) is 0 Å². The van der Waals surface area contributed by atoms with Gasteiger partial charge in [0.1, 0.15) is 6.04 Å². The van der Waals surface area contributed by atoms with Gasteiger partial charge in [0.2, 0.25) is 0 Å². The van der Waals surface area contributed by atoms with E-state index in [1.807, 2.05) is 30.3 Å². The highest BCUT2D eigenvalue weighted by Gasteiger charge is 2.10. The average molecular weight is 166 g/mol. The quantitative estimate of drug-likeness (QED) is 0.648. The first-order chi connectivity index (χ1) is 5.70. The molecule has 0 aliphatic rings. The van der Waals surface area contributed by atoms with Crippen LogP contribution in [0.25, 0.3) is 0 Å². The number of aliphatic carboxylic acids is 1. The Labute approximate surface area is 70.8 Å². The minimum atomic E-state index is -0.959. The smallest absolute Gasteiger partial charge is 0.320 e. The van der Waals surface area contributed by atoms with Gasteiger partial charge in [-0.3, -0.25) is 4.79 Å². The van der Waals surface area contributed by atoms with Crippen molar-refractivity contribution in [3.05, 3.63) is 35.9 Å². The van der Waals surface area contributed by atoms with Gasteiger partial charge in [-0.25, -0.2) is 0 Å². The van der Waals surface area contributed by atoms with Crippen molar-refractivity contribution in [3.63, 3.8) is 0 Å². The number of carboxylic acid groups (broad SMARTS) is 1. The number of rotatable bonds is 3. The Kier molecular flexibility index (Phi) is 2.82. The molecule has 0 aromatic heterocycles. The fourth-order valence-corrected chi connectivity index (χ4v) is 0.955. The van der Waals surface area contributed by atoms with Gasteiger partial charge in [0.05, 0.1) is 0 Å². The third-order valence-electron chi connectivity index (χ3n) is 1.62. The van der Waals surface area contributed by atoms with E-state index in [0.29, 0.717) is 6.42 Å². The lowest BCUT2D eigenvalue weighted by Gasteiger charge is -2.04. The molecule has 12 heavy (non-hydrogen) atoms. The van der Waals surface area contributed by atoms with Crippen molar-refractivity contribution in [2.75, 3.05) is 0 Å². The van der Waals surface area contributed by atoms with Crippen LogP contribution >= 0.6 is 0 Å². The normalized spacial score (nSPS) is 12.4. The number of benzene rings is 1. The van der Waals surface area contributed by atoms with Crippen LogP contribution in [-0.4, -0.2) is 17.1 Å². The van der Waals surface area contributed by atoms with Crippen LogP contribution in [0.1, 0.15) is 5.56 Å². The van der Waals surface area contributed by atoms with E-state index in [4.69, 9.17) is 10.8 Å². The fraction of sp³-hybridized carbons (Fsp3) is 0.222. The Morgan fingerprint density at radius 2 is 2.00 bits per heavy atom. The highest BCUT2D eigenvalue weighted by atomic mass is 16.5. The zero-order valence-corrected chi connectivity index (χ0v) is 6.60. The van der Waals surface area contributed by atoms with Gasteiger partial charge in [-0.2, -0.15) is 0 Å². The molecule has 0 radical (unpaired) electrons. The molecule has 0 aliphatic heterocycles. The first-order valence-corrected chi connectivity index (χ1v) is 3.72. The minimum absolute atomic E-state index is 0.385. The van der Waals surface area contributed by atoms with Gasteiger partial charge in [-0.15, -0.1) is 0 Å². The summed E-state index contributed by atoms with van der Waals surface area (Å²) in [6.45, 7) is 0. The topological polar surface area (TPSA) is 63.3 Å². The van der Waals surface area contributed by atoms with E-state index in [1.165, 1.54) is 0 Å². The minimum Gasteiger partial charge on any atom is -0.480 e. The van der Waals surface area contributed by atoms with Gasteiger partial charge in [-0.1, -0.05) is 30.3 Å². The van der Waals surface area contributed by atoms with Crippen molar-refractivity contribution in [3.8, 4) is 0 Å². The van der Waals surface area contributed by atoms with Crippen molar-refractivity contribution in [2.24, 2.45) is 5.73 Å². The average Bonchev–Trinajstić information content (AvgIpc) is 2.06. The van der Waals surface area contributed by atoms with Gasteiger partial charge in [0.25, 0.3) is 0 Å². The molecule has 3 N–H and O–H groups in total. The molecule has 0 aliphatic carbocycles. The molecule has 1 aromatic rings. The Hall–Kier alpha value is -1.35. The monoisotopic (exact) mass is 166 g/mol. The lowest BCUT2D eigenvalue weighted by molar-refractivity contribution is -0.138. The molecule has 0 heterocycles. The van der Waals surface area contributed by atoms with Crippen LogP contribution in [0, 0.1) is 0 Å². The fourth-order valence-electron chi connectivity index (χ4n) is 0.955. The molecular weight excluding hydrogens is 155 g/mol. The van der Waals surface area contributed by atoms with Gasteiger partial charge >= 0.3 is 5.97 Å². The van der Waals surface area contributed by atoms with E-state index in [1.54, 1.807) is 0 Å². The second-order valence-electron chi connectivity index (χ2n) is 2.63. The third-order valence-corrected chi connectivity index (χ3v) is 1.62. The zero-order valence-electron chi connectivity index (χ0n) is 6.60. The Bertz CT molecular complexity index is 258. The maximum Gasteiger partial charge on any atom is 0.320 e. The summed E-state index contributed by atoms with van der Waals surface area (Å²) in [7, 11) is 0. The summed E-state index contributed by atoms with van der Waals surface area (Å²) in [4.78, 5) is 10.4. The van der Waals surface area contributed by atoms with Crippen LogP contribution in [0.5, 0.6) is 0 Å². The third kappa shape index (κ3) is 2.36. The van der Waals surface area contributed by atoms with E-state index >= 15 is 0 Å². The highest BCUT2D eigenvalue weighted by molar-refractivity contribution is 5.73. The lowest BCUT2D eigenvalue weighted by Crippen LogP contribution is -2.32. The van der Waals surface area contributed by atoms with Crippen LogP contribution < -0.4 is 5.73 Å². The van der Waals surface area contributed by atoms with Crippen LogP contribution in [0.3, 0.4) is 0 Å². The Morgan fingerprint density at radius 1 is 1.42 bits per heavy atom. The number of hydrogen-bond acceptors (Lipinski definition) is 2. The largest absolute Gasteiger partial charge is 0.480 e. The summed E-state index contributed by atoms with van der Waals surface area (Å²) in [6.07, 6.45) is 0.385. The summed E-state index contributed by atoms with van der Waals surface area (Å²) < 4.78 is 0. The van der Waals surface area contributed by atoms with Gasteiger partial charge in [-0.05, 0) is 12.0 Å². The summed E-state index contributed by atoms with van der Waals surface area (Å²) >= 11 is 0. The van der Waals surface area contributed by atoms with Crippen molar-refractivity contribution in [1.29, 1.82) is 0 Å². The number of hydrogen-bond donors (Lipinski definition) is 2. The van der Waals surface area contributed by atoms with Gasteiger partial charge < -0.3 is 10.8 Å². The predicted molar refractivity (Wildman–Crippen MR) is 45.8 cm³/mol. The summed E-state index contributed by atoms with van der Waals surface area (Å²) in [5.41, 5.74) is 6.30. The predicted octanol–water partition coefficient (Wildman–Crippen LogP) is 0.641. The number of carbonyl (C=O) groups is 1. The van der Waals surface area contributed by atoms with E-state index in [9.17, 15) is 4.79 Å². The standard InChI is InChI=1S/C9H11NO2/c10-8(9(11)12)6-7-4-2-1-3-5-7/h1-5,8H,6,10H2,(H,11,12)/t8-/m1/s1/i9+1. The molecule has 0 fully saturated rings. The van der Waals surface area contributed by atoms with Crippen LogP contribution in [0.2, 0.25) is 0 Å². The van der Waals surface area contributed by atoms with Crippen molar-refractivity contribution in [2.45, 2.75) is 12.5 Å². The molecule has 0 saturated carbocycles. The maximum absolute atomic E-state index is 10.4. The van der Waals surface area contributed by atoms with E-state index in [-0.39, 0.29) is 0 Å². The summed E-state index contributed by atoms with van der Waals surface area (Å²) in [6, 6.07) is 8.54. The number of carboxylic acids is 1. The molecule has 0 spiro atoms. The highest BCUT2D eigenvalue weighted by Crippen LogP contribution is 2.01. The van der Waals surface area contributed by atoms with E-state index < -0.39 is 12.0 Å². The first kappa shape index (κ1) is 8.74. The van der Waals surface area contributed by atoms with Gasteiger partial charge in [0.15, 0.2) is 0 Å². The lowest BCUT2D eigenvalue weighted by atomic mass is 10.1. The molecule has 0 saturated heterocycles. The van der Waals surface area contributed by atoms with Crippen LogP contribution in [0.15, 0.2) is 30.3 Å². The molecule has 0 bridgehead atoms. The second-order valence-corrected chi connectivity index (χ2v) is 2.63. The zero-order chi connectivity index (χ0) is 8.97. The van der Waals surface area contributed by atoms with E-state index in [2.05, 4.69) is 0 Å². The Morgan fingerprint density at radius 3 is 2.50 bits per heavy atom. The molecule has 3 heteroatoms. The maximum atomic E-state index is 10.4. The van der Waals surface area contributed by atoms with Crippen LogP contribution in [0.4, 0.5) is 0 Å². The van der Waals surface area contributed by atoms with Crippen molar-refractivity contribution >= 4 is 5.97 Å². The summed E-state index contributed by atoms with van der Waals surface area (Å²) in [5, 5.41) is 8.52. The number of nitrogens with two attached hydrogens (primary N) is 1. The summed E-state index contributed by atoms with van der Waals surface area (Å²) in [5.74, 6) is -0.959.